The molecule has 0 spiro atoms. The number of hydrogen-bond donors (Lipinski definition) is 0. The van der Waals surface area contributed by atoms with Crippen molar-refractivity contribution in [3.05, 3.63) is 40.9 Å². The Hall–Kier alpha value is -2.94. The van der Waals surface area contributed by atoms with Gasteiger partial charge in [-0.3, -0.25) is 9.48 Å². The van der Waals surface area contributed by atoms with Gasteiger partial charge in [0.15, 0.2) is 5.65 Å². The van der Waals surface area contributed by atoms with E-state index in [1.54, 1.807) is 0 Å². The number of nitrogens with zero attached hydrogens (tertiary/aromatic N) is 6. The quantitative estimate of drug-likeness (QED) is 0.514. The van der Waals surface area contributed by atoms with E-state index < -0.39 is 0 Å². The lowest BCUT2D eigenvalue weighted by Gasteiger charge is -2.68. The van der Waals surface area contributed by atoms with Gasteiger partial charge in [0, 0.05) is 29.7 Å². The average molecular weight is 475 g/mol. The lowest BCUT2D eigenvalue weighted by molar-refractivity contribution is -0.198. The Morgan fingerprint density at radius 1 is 1.09 bits per heavy atom. The highest BCUT2D eigenvalue weighted by atomic mass is 16.5. The molecule has 2 bridgehead atoms. The second kappa shape index (κ2) is 7.29. The van der Waals surface area contributed by atoms with E-state index in [1.807, 2.05) is 20.0 Å². The minimum atomic E-state index is -0.342. The van der Waals surface area contributed by atoms with Crippen LogP contribution >= 0.6 is 0 Å². The number of esters is 1. The van der Waals surface area contributed by atoms with Crippen LogP contribution in [0.3, 0.4) is 0 Å². The summed E-state index contributed by atoms with van der Waals surface area (Å²) in [6, 6.07) is 0.557. The largest absolute Gasteiger partial charge is 0.469 e. The van der Waals surface area contributed by atoms with E-state index in [-0.39, 0.29) is 28.8 Å². The van der Waals surface area contributed by atoms with E-state index in [2.05, 4.69) is 16.0 Å². The zero-order valence-corrected chi connectivity index (χ0v) is 20.5. The number of fused-ring (bicyclic) bond motifs is 1. The second-order valence-electron chi connectivity index (χ2n) is 11.1. The lowest BCUT2D eigenvalue weighted by Crippen LogP contribution is -2.68. The molecule has 0 amide bonds. The standard InChI is InChI=1S/C26H30N6O3/c1-14-15(2)29-23-20(28-14)21(25-11-26(12-25,13-25)24(33)34-3)30-22(31-23)16-6-7-35-19(8-16)17-9-27-32(10-17)18-4-5-18/h9-10,16,18-19H,4-8,11-13H2,1-3H3. The normalized spacial score (nSPS) is 31.6. The van der Waals surface area contributed by atoms with Crippen LogP contribution in [-0.2, 0) is 19.7 Å². The third kappa shape index (κ3) is 3.16. The van der Waals surface area contributed by atoms with Crippen LogP contribution in [0.4, 0.5) is 0 Å². The Bertz CT molecular complexity index is 1340. The van der Waals surface area contributed by atoms with E-state index >= 15 is 0 Å². The van der Waals surface area contributed by atoms with Crippen LogP contribution in [0.1, 0.15) is 91.5 Å². The van der Waals surface area contributed by atoms with Gasteiger partial charge in [-0.1, -0.05) is 0 Å². The van der Waals surface area contributed by atoms with Crippen molar-refractivity contribution >= 4 is 17.1 Å². The van der Waals surface area contributed by atoms with Crippen molar-refractivity contribution in [3.8, 4) is 0 Å². The third-order valence-corrected chi connectivity index (χ3v) is 8.67. The molecule has 3 aromatic rings. The van der Waals surface area contributed by atoms with Crippen molar-refractivity contribution < 1.29 is 14.3 Å². The molecule has 35 heavy (non-hydrogen) atoms. The fraction of sp³-hybridized carbons (Fsp3) is 0.615. The number of hydrogen-bond acceptors (Lipinski definition) is 8. The monoisotopic (exact) mass is 474 g/mol. The molecule has 5 aliphatic rings. The SMILES string of the molecule is COC(=O)C12CC(c3nc(C4CCOC(c5cnn(C6CC6)c5)C4)nc4nc(C)c(C)nc34)(C1)C2. The molecule has 4 aliphatic carbocycles. The summed E-state index contributed by atoms with van der Waals surface area (Å²) < 4.78 is 13.3. The molecule has 5 fully saturated rings. The van der Waals surface area contributed by atoms with Crippen molar-refractivity contribution in [1.29, 1.82) is 0 Å². The van der Waals surface area contributed by atoms with Crippen LogP contribution in [0.25, 0.3) is 11.2 Å². The maximum Gasteiger partial charge on any atom is 0.311 e. The Kier molecular flexibility index (Phi) is 4.45. The fourth-order valence-electron chi connectivity index (χ4n) is 6.47. The first kappa shape index (κ1) is 21.4. The van der Waals surface area contributed by atoms with Crippen molar-refractivity contribution in [2.24, 2.45) is 5.41 Å². The smallest absolute Gasteiger partial charge is 0.311 e. The molecule has 8 rings (SSSR count). The molecule has 9 heteroatoms. The highest BCUT2D eigenvalue weighted by Crippen LogP contribution is 2.74. The van der Waals surface area contributed by atoms with Gasteiger partial charge in [0.2, 0.25) is 0 Å². The van der Waals surface area contributed by atoms with Crippen LogP contribution in [-0.4, -0.2) is 49.4 Å². The fourth-order valence-corrected chi connectivity index (χ4v) is 6.47. The molecule has 0 aromatic carbocycles. The number of methoxy groups -OCH3 is 1. The van der Waals surface area contributed by atoms with E-state index in [0.29, 0.717) is 18.3 Å². The molecule has 182 valence electrons. The van der Waals surface area contributed by atoms with Gasteiger partial charge in [0.1, 0.15) is 11.3 Å². The molecule has 2 unspecified atom stereocenters. The summed E-state index contributed by atoms with van der Waals surface area (Å²) in [7, 11) is 1.47. The maximum absolute atomic E-state index is 12.3. The van der Waals surface area contributed by atoms with Gasteiger partial charge in [0.05, 0.1) is 47.9 Å². The summed E-state index contributed by atoms with van der Waals surface area (Å²) in [5.74, 6) is 0.895. The van der Waals surface area contributed by atoms with Crippen LogP contribution in [0.15, 0.2) is 12.4 Å². The van der Waals surface area contributed by atoms with Crippen molar-refractivity contribution in [1.82, 2.24) is 29.7 Å². The molecule has 1 saturated heterocycles. The Morgan fingerprint density at radius 2 is 1.86 bits per heavy atom. The van der Waals surface area contributed by atoms with Crippen molar-refractivity contribution in [2.45, 2.75) is 82.3 Å². The molecular weight excluding hydrogens is 444 g/mol. The molecule has 3 aromatic heterocycles. The van der Waals surface area contributed by atoms with Gasteiger partial charge in [-0.15, -0.1) is 0 Å². The Morgan fingerprint density at radius 3 is 2.60 bits per heavy atom. The van der Waals surface area contributed by atoms with E-state index in [9.17, 15) is 4.79 Å². The number of aromatic nitrogens is 6. The molecule has 2 atom stereocenters. The van der Waals surface area contributed by atoms with E-state index in [1.165, 1.54) is 20.0 Å². The predicted molar refractivity (Wildman–Crippen MR) is 126 cm³/mol. The minimum absolute atomic E-state index is 0.00706. The highest BCUT2D eigenvalue weighted by molar-refractivity contribution is 5.84. The molecular formula is C26H30N6O3. The summed E-state index contributed by atoms with van der Waals surface area (Å²) in [6.45, 7) is 4.61. The number of carbonyl (C=O) groups excluding carboxylic acids is 1. The van der Waals surface area contributed by atoms with Crippen molar-refractivity contribution in [3.63, 3.8) is 0 Å². The zero-order valence-electron chi connectivity index (χ0n) is 20.5. The zero-order chi connectivity index (χ0) is 23.9. The van der Waals surface area contributed by atoms with Gasteiger partial charge in [-0.05, 0) is 58.8 Å². The first-order valence-corrected chi connectivity index (χ1v) is 12.7. The summed E-state index contributed by atoms with van der Waals surface area (Å²) >= 11 is 0. The maximum atomic E-state index is 12.3. The molecule has 4 heterocycles. The van der Waals surface area contributed by atoms with Crippen molar-refractivity contribution in [2.75, 3.05) is 13.7 Å². The first-order valence-electron chi connectivity index (χ1n) is 12.7. The van der Waals surface area contributed by atoms with Gasteiger partial charge >= 0.3 is 5.97 Å². The number of rotatable bonds is 5. The molecule has 4 saturated carbocycles. The van der Waals surface area contributed by atoms with Gasteiger partial charge in [-0.25, -0.2) is 19.9 Å². The molecule has 1 aliphatic heterocycles. The van der Waals surface area contributed by atoms with Crippen LogP contribution in [0.2, 0.25) is 0 Å². The summed E-state index contributed by atoms with van der Waals surface area (Å²) in [4.78, 5) is 32.1. The summed E-state index contributed by atoms with van der Waals surface area (Å²) in [6.07, 6.45) is 10.5. The van der Waals surface area contributed by atoms with Crippen LogP contribution < -0.4 is 0 Å². The highest BCUT2D eigenvalue weighted by Gasteiger charge is 2.74. The van der Waals surface area contributed by atoms with E-state index in [4.69, 9.17) is 29.4 Å². The summed E-state index contributed by atoms with van der Waals surface area (Å²) in [5.41, 5.74) is 4.84. The Labute approximate surface area is 203 Å². The molecule has 9 nitrogen and oxygen atoms in total. The predicted octanol–water partition coefficient (Wildman–Crippen LogP) is 3.80. The van der Waals surface area contributed by atoms with E-state index in [0.717, 1.165) is 66.1 Å². The van der Waals surface area contributed by atoms with Crippen LogP contribution in [0.5, 0.6) is 0 Å². The van der Waals surface area contributed by atoms with Gasteiger partial charge < -0.3 is 9.47 Å². The minimum Gasteiger partial charge on any atom is -0.469 e. The summed E-state index contributed by atoms with van der Waals surface area (Å²) in [5, 5.41) is 4.56. The average Bonchev–Trinajstić information content (AvgIpc) is 3.54. The number of ether oxygens (including phenoxy) is 2. The number of aryl methyl sites for hydroxylation is 2. The topological polar surface area (TPSA) is 105 Å². The first-order chi connectivity index (χ1) is 16.9. The third-order valence-electron chi connectivity index (χ3n) is 8.67. The second-order valence-corrected chi connectivity index (χ2v) is 11.1. The molecule has 0 radical (unpaired) electrons. The van der Waals surface area contributed by atoms with Gasteiger partial charge in [0.25, 0.3) is 0 Å². The number of carbonyl (C=O) groups is 1. The molecule has 0 N–H and O–H groups in total. The lowest BCUT2D eigenvalue weighted by atomic mass is 9.34. The Balaban J connectivity index is 1.23. The van der Waals surface area contributed by atoms with Crippen LogP contribution in [0, 0.1) is 19.3 Å². The van der Waals surface area contributed by atoms with Gasteiger partial charge in [-0.2, -0.15) is 5.10 Å².